The molecule has 0 saturated carbocycles. The number of alkyl halides is 3. The normalized spacial score (nSPS) is 12.3. The zero-order valence-electron chi connectivity index (χ0n) is 13.0. The Hall–Kier alpha value is -2.46. The van der Waals surface area contributed by atoms with Gasteiger partial charge in [0.25, 0.3) is 10.0 Å². The number of halogens is 4. The average molecular weight is 407 g/mol. The summed E-state index contributed by atoms with van der Waals surface area (Å²) in [6, 6.07) is 7.56. The van der Waals surface area contributed by atoms with Crippen molar-refractivity contribution in [3.05, 3.63) is 52.7 Å². The second-order valence-electron chi connectivity index (χ2n) is 5.21. The average Bonchev–Trinajstić information content (AvgIpc) is 3.19. The smallest absolute Gasteiger partial charge is 0.441 e. The summed E-state index contributed by atoms with van der Waals surface area (Å²) >= 11 is 5.94. The van der Waals surface area contributed by atoms with Gasteiger partial charge in [0.2, 0.25) is 10.9 Å². The number of benzene rings is 1. The molecule has 0 amide bonds. The number of hydrogen-bond donors (Lipinski definition) is 1. The first kappa shape index (κ1) is 18.3. The van der Waals surface area contributed by atoms with E-state index in [9.17, 15) is 21.6 Å². The van der Waals surface area contributed by atoms with Gasteiger partial charge >= 0.3 is 6.18 Å². The highest BCUT2D eigenvalue weighted by atomic mass is 35.5. The molecular weight excluding hydrogens is 397 g/mol. The molecule has 2 heterocycles. The van der Waals surface area contributed by atoms with Crippen molar-refractivity contribution < 1.29 is 30.5 Å². The largest absolute Gasteiger partial charge is 0.452 e. The van der Waals surface area contributed by atoms with Crippen LogP contribution in [0.4, 0.5) is 18.9 Å². The van der Waals surface area contributed by atoms with Crippen molar-refractivity contribution in [3.8, 4) is 11.5 Å². The van der Waals surface area contributed by atoms with Gasteiger partial charge in [-0.15, -0.1) is 0 Å². The van der Waals surface area contributed by atoms with E-state index < -0.39 is 27.1 Å². The Balaban J connectivity index is 1.89. The third kappa shape index (κ3) is 3.56. The molecule has 11 heteroatoms. The van der Waals surface area contributed by atoms with E-state index in [1.807, 2.05) is 0 Å². The SMILES string of the molecule is Cc1c(Cl)cccc1NS(=O)(=O)c1ccc(-c2cc(C(F)(F)F)on2)o1. The molecule has 138 valence electrons. The van der Waals surface area contributed by atoms with E-state index in [2.05, 4.69) is 14.4 Å². The summed E-state index contributed by atoms with van der Waals surface area (Å²) in [4.78, 5) is 0. The van der Waals surface area contributed by atoms with Crippen LogP contribution in [-0.4, -0.2) is 13.6 Å². The fourth-order valence-corrected chi connectivity index (χ4v) is 3.27. The fraction of sp³-hybridized carbons (Fsp3) is 0.133. The van der Waals surface area contributed by atoms with Crippen LogP contribution in [-0.2, 0) is 16.2 Å². The van der Waals surface area contributed by atoms with E-state index >= 15 is 0 Å². The summed E-state index contributed by atoms with van der Waals surface area (Å²) in [5.74, 6) is -1.51. The van der Waals surface area contributed by atoms with Crippen LogP contribution in [0.5, 0.6) is 0 Å². The van der Waals surface area contributed by atoms with Gasteiger partial charge in [0, 0.05) is 11.1 Å². The summed E-state index contributed by atoms with van der Waals surface area (Å²) < 4.78 is 74.1. The van der Waals surface area contributed by atoms with E-state index in [0.29, 0.717) is 16.7 Å². The molecule has 0 aliphatic heterocycles. The first-order chi connectivity index (χ1) is 12.1. The van der Waals surface area contributed by atoms with Crippen molar-refractivity contribution in [2.24, 2.45) is 0 Å². The standard InChI is InChI=1S/C15H10ClF3N2O4S/c1-8-9(16)3-2-4-10(8)21-26(22,23)14-6-5-12(24-14)11-7-13(25-20-11)15(17,18)19/h2-7,21H,1H3. The van der Waals surface area contributed by atoms with E-state index in [4.69, 9.17) is 16.0 Å². The lowest BCUT2D eigenvalue weighted by molar-refractivity contribution is -0.155. The molecule has 1 N–H and O–H groups in total. The van der Waals surface area contributed by atoms with E-state index in [1.54, 1.807) is 19.1 Å². The zero-order chi connectivity index (χ0) is 19.1. The summed E-state index contributed by atoms with van der Waals surface area (Å²) in [5, 5.41) is 3.11. The van der Waals surface area contributed by atoms with E-state index in [-0.39, 0.29) is 17.1 Å². The van der Waals surface area contributed by atoms with Crippen LogP contribution in [0.3, 0.4) is 0 Å². The van der Waals surface area contributed by atoms with Crippen LogP contribution < -0.4 is 4.72 Å². The van der Waals surface area contributed by atoms with Gasteiger partial charge in [-0.25, -0.2) is 0 Å². The molecule has 0 radical (unpaired) electrons. The van der Waals surface area contributed by atoms with Crippen molar-refractivity contribution in [2.75, 3.05) is 4.72 Å². The molecular formula is C15H10ClF3N2O4S. The maximum Gasteiger partial charge on any atom is 0.452 e. The number of hydrogen-bond acceptors (Lipinski definition) is 5. The Kier molecular flexibility index (Phi) is 4.49. The third-order valence-corrected chi connectivity index (χ3v) is 5.05. The lowest BCUT2D eigenvalue weighted by atomic mass is 10.2. The summed E-state index contributed by atoms with van der Waals surface area (Å²) in [6.07, 6.45) is -4.71. The molecule has 2 aromatic heterocycles. The van der Waals surface area contributed by atoms with E-state index in [0.717, 1.165) is 6.07 Å². The van der Waals surface area contributed by atoms with Crippen LogP contribution >= 0.6 is 11.6 Å². The Labute approximate surface area is 150 Å². The first-order valence-electron chi connectivity index (χ1n) is 7.00. The third-order valence-electron chi connectivity index (χ3n) is 3.40. The highest BCUT2D eigenvalue weighted by molar-refractivity contribution is 7.92. The summed E-state index contributed by atoms with van der Waals surface area (Å²) in [6.45, 7) is 1.63. The number of anilines is 1. The second kappa shape index (κ2) is 6.36. The molecule has 0 saturated heterocycles. The van der Waals surface area contributed by atoms with Crippen LogP contribution in [0.2, 0.25) is 5.02 Å². The molecule has 26 heavy (non-hydrogen) atoms. The van der Waals surface area contributed by atoms with Gasteiger partial charge in [0.1, 0.15) is 5.69 Å². The Morgan fingerprint density at radius 3 is 2.58 bits per heavy atom. The van der Waals surface area contributed by atoms with Gasteiger partial charge < -0.3 is 8.94 Å². The highest BCUT2D eigenvalue weighted by Gasteiger charge is 2.36. The topological polar surface area (TPSA) is 85.3 Å². The molecule has 0 spiro atoms. The highest BCUT2D eigenvalue weighted by Crippen LogP contribution is 2.33. The minimum absolute atomic E-state index is 0.188. The summed E-state index contributed by atoms with van der Waals surface area (Å²) in [7, 11) is -4.12. The Morgan fingerprint density at radius 1 is 1.19 bits per heavy atom. The lowest BCUT2D eigenvalue weighted by Crippen LogP contribution is -2.13. The number of aromatic nitrogens is 1. The number of nitrogens with zero attached hydrogens (tertiary/aromatic N) is 1. The molecule has 3 aromatic rings. The zero-order valence-corrected chi connectivity index (χ0v) is 14.5. The number of furan rings is 1. The molecule has 0 unspecified atom stereocenters. The minimum atomic E-state index is -4.71. The van der Waals surface area contributed by atoms with Gasteiger partial charge in [-0.1, -0.05) is 22.8 Å². The Bertz CT molecular complexity index is 1060. The Morgan fingerprint density at radius 2 is 1.92 bits per heavy atom. The van der Waals surface area contributed by atoms with Crippen molar-refractivity contribution in [1.29, 1.82) is 0 Å². The van der Waals surface area contributed by atoms with Crippen molar-refractivity contribution in [2.45, 2.75) is 18.2 Å². The predicted molar refractivity (Wildman–Crippen MR) is 86.2 cm³/mol. The maximum atomic E-state index is 12.5. The molecule has 0 aliphatic carbocycles. The van der Waals surface area contributed by atoms with Gasteiger partial charge in [0.15, 0.2) is 5.76 Å². The number of nitrogens with one attached hydrogen (secondary N) is 1. The molecule has 0 atom stereocenters. The monoisotopic (exact) mass is 406 g/mol. The summed E-state index contributed by atoms with van der Waals surface area (Å²) in [5.41, 5.74) is 0.477. The van der Waals surface area contributed by atoms with Crippen LogP contribution in [0, 0.1) is 6.92 Å². The maximum absolute atomic E-state index is 12.5. The van der Waals surface area contributed by atoms with Crippen LogP contribution in [0.15, 0.2) is 50.4 Å². The minimum Gasteiger partial charge on any atom is -0.441 e. The van der Waals surface area contributed by atoms with Crippen molar-refractivity contribution >= 4 is 27.3 Å². The predicted octanol–water partition coefficient (Wildman–Crippen LogP) is 4.72. The van der Waals surface area contributed by atoms with Crippen LogP contribution in [0.25, 0.3) is 11.5 Å². The quantitative estimate of drug-likeness (QED) is 0.677. The van der Waals surface area contributed by atoms with E-state index in [1.165, 1.54) is 12.1 Å². The first-order valence-corrected chi connectivity index (χ1v) is 8.86. The number of rotatable bonds is 4. The molecule has 0 aliphatic rings. The second-order valence-corrected chi connectivity index (χ2v) is 7.23. The molecule has 0 bridgehead atoms. The van der Waals surface area contributed by atoms with Crippen LogP contribution in [0.1, 0.15) is 11.3 Å². The van der Waals surface area contributed by atoms with Gasteiger partial charge in [-0.2, -0.15) is 21.6 Å². The number of sulfonamides is 1. The van der Waals surface area contributed by atoms with Crippen molar-refractivity contribution in [1.82, 2.24) is 5.16 Å². The molecule has 1 aromatic carbocycles. The van der Waals surface area contributed by atoms with Crippen molar-refractivity contribution in [3.63, 3.8) is 0 Å². The lowest BCUT2D eigenvalue weighted by Gasteiger charge is -2.09. The van der Waals surface area contributed by atoms with Gasteiger partial charge in [-0.05, 0) is 36.8 Å². The molecule has 3 rings (SSSR count). The fourth-order valence-electron chi connectivity index (χ4n) is 2.04. The molecule has 6 nitrogen and oxygen atoms in total. The molecule has 0 fully saturated rings. The van der Waals surface area contributed by atoms with Gasteiger partial charge in [-0.3, -0.25) is 4.72 Å². The van der Waals surface area contributed by atoms with Gasteiger partial charge in [0.05, 0.1) is 5.69 Å².